The highest BCUT2D eigenvalue weighted by Crippen LogP contribution is 2.10. The zero-order valence-corrected chi connectivity index (χ0v) is 12.5. The van der Waals surface area contributed by atoms with Crippen LogP contribution in [0.1, 0.15) is 30.7 Å². The van der Waals surface area contributed by atoms with Gasteiger partial charge in [0, 0.05) is 6.08 Å². The van der Waals surface area contributed by atoms with Gasteiger partial charge in [0.05, 0.1) is 12.8 Å². The van der Waals surface area contributed by atoms with Gasteiger partial charge in [0.15, 0.2) is 0 Å². The van der Waals surface area contributed by atoms with Crippen LogP contribution in [0.2, 0.25) is 0 Å². The van der Waals surface area contributed by atoms with Gasteiger partial charge < -0.3 is 9.73 Å². The molecule has 0 fully saturated rings. The molecule has 0 unspecified atom stereocenters. The number of carbonyl (C=O) groups excluding carboxylic acids is 1. The van der Waals surface area contributed by atoms with Gasteiger partial charge in [-0.05, 0) is 41.7 Å². The molecule has 1 aromatic carbocycles. The molecule has 110 valence electrons. The van der Waals surface area contributed by atoms with Gasteiger partial charge in [-0.15, -0.1) is 0 Å². The molecule has 21 heavy (non-hydrogen) atoms. The third-order valence-electron chi connectivity index (χ3n) is 3.07. The first-order chi connectivity index (χ1) is 10.1. The zero-order valence-electron chi connectivity index (χ0n) is 12.5. The van der Waals surface area contributed by atoms with Crippen LogP contribution in [0.3, 0.4) is 0 Å². The van der Waals surface area contributed by atoms with Gasteiger partial charge in [0.2, 0.25) is 5.91 Å². The van der Waals surface area contributed by atoms with E-state index < -0.39 is 0 Å². The van der Waals surface area contributed by atoms with E-state index in [1.54, 1.807) is 18.4 Å². The number of hydrogen-bond donors (Lipinski definition) is 1. The van der Waals surface area contributed by atoms with E-state index in [0.717, 1.165) is 17.7 Å². The third-order valence-corrected chi connectivity index (χ3v) is 3.07. The highest BCUT2D eigenvalue weighted by molar-refractivity contribution is 5.91. The molecular formula is C18H21NO2. The molecule has 0 radical (unpaired) electrons. The molecule has 2 rings (SSSR count). The van der Waals surface area contributed by atoms with Gasteiger partial charge in [0.25, 0.3) is 0 Å². The number of furan rings is 1. The lowest BCUT2D eigenvalue weighted by atomic mass is 10.0. The first-order valence-electron chi connectivity index (χ1n) is 7.20. The molecule has 0 atom stereocenters. The normalized spacial score (nSPS) is 11.2. The van der Waals surface area contributed by atoms with Crippen molar-refractivity contribution in [1.29, 1.82) is 0 Å². The van der Waals surface area contributed by atoms with Crippen molar-refractivity contribution in [3.63, 3.8) is 0 Å². The molecule has 2 aromatic rings. The van der Waals surface area contributed by atoms with E-state index in [-0.39, 0.29) is 5.91 Å². The Labute approximate surface area is 125 Å². The van der Waals surface area contributed by atoms with E-state index in [1.165, 1.54) is 5.56 Å². The molecule has 0 saturated heterocycles. The maximum absolute atomic E-state index is 11.7. The predicted molar refractivity (Wildman–Crippen MR) is 84.6 cm³/mol. The second-order valence-electron chi connectivity index (χ2n) is 5.47. The lowest BCUT2D eigenvalue weighted by Crippen LogP contribution is -2.19. The van der Waals surface area contributed by atoms with E-state index >= 15 is 0 Å². The Balaban J connectivity index is 1.83. The minimum Gasteiger partial charge on any atom is -0.467 e. The number of carbonyl (C=O) groups is 1. The van der Waals surface area contributed by atoms with Crippen LogP contribution in [-0.4, -0.2) is 5.91 Å². The average molecular weight is 283 g/mol. The molecule has 1 heterocycles. The summed E-state index contributed by atoms with van der Waals surface area (Å²) in [4.78, 5) is 11.7. The largest absolute Gasteiger partial charge is 0.467 e. The number of amides is 1. The van der Waals surface area contributed by atoms with Crippen LogP contribution in [-0.2, 0) is 17.8 Å². The number of nitrogens with one attached hydrogen (secondary N) is 1. The van der Waals surface area contributed by atoms with Crippen molar-refractivity contribution in [1.82, 2.24) is 5.32 Å². The monoisotopic (exact) mass is 283 g/mol. The second kappa shape index (κ2) is 7.48. The van der Waals surface area contributed by atoms with Crippen LogP contribution >= 0.6 is 0 Å². The van der Waals surface area contributed by atoms with Crippen LogP contribution in [0, 0.1) is 5.92 Å². The van der Waals surface area contributed by atoms with Crippen LogP contribution < -0.4 is 5.32 Å². The summed E-state index contributed by atoms with van der Waals surface area (Å²) in [6.07, 6.45) is 6.03. The zero-order chi connectivity index (χ0) is 15.1. The van der Waals surface area contributed by atoms with E-state index in [4.69, 9.17) is 4.42 Å². The Kier molecular flexibility index (Phi) is 5.38. The highest BCUT2D eigenvalue weighted by atomic mass is 16.3. The van der Waals surface area contributed by atoms with Gasteiger partial charge in [-0.1, -0.05) is 38.1 Å². The van der Waals surface area contributed by atoms with E-state index in [2.05, 4.69) is 31.3 Å². The Morgan fingerprint density at radius 2 is 2.00 bits per heavy atom. The summed E-state index contributed by atoms with van der Waals surface area (Å²) >= 11 is 0. The number of hydrogen-bond acceptors (Lipinski definition) is 2. The van der Waals surface area contributed by atoms with Crippen LogP contribution in [0.5, 0.6) is 0 Å². The fraction of sp³-hybridized carbons (Fsp3) is 0.278. The highest BCUT2D eigenvalue weighted by Gasteiger charge is 1.99. The summed E-state index contributed by atoms with van der Waals surface area (Å²) in [7, 11) is 0. The van der Waals surface area contributed by atoms with Gasteiger partial charge in [-0.2, -0.15) is 0 Å². The Morgan fingerprint density at radius 1 is 1.24 bits per heavy atom. The average Bonchev–Trinajstić information content (AvgIpc) is 2.97. The SMILES string of the molecule is CC(C)Cc1ccc(/C=C/C(=O)NCc2ccco2)cc1. The lowest BCUT2D eigenvalue weighted by Gasteiger charge is -2.04. The van der Waals surface area contributed by atoms with Crippen molar-refractivity contribution in [3.05, 3.63) is 65.6 Å². The van der Waals surface area contributed by atoms with Crippen LogP contribution in [0.25, 0.3) is 6.08 Å². The van der Waals surface area contributed by atoms with Crippen molar-refractivity contribution in [2.24, 2.45) is 5.92 Å². The second-order valence-corrected chi connectivity index (χ2v) is 5.47. The van der Waals surface area contributed by atoms with Crippen molar-refractivity contribution >= 4 is 12.0 Å². The Hall–Kier alpha value is -2.29. The first-order valence-corrected chi connectivity index (χ1v) is 7.20. The molecule has 3 nitrogen and oxygen atoms in total. The van der Waals surface area contributed by atoms with Gasteiger partial charge in [-0.3, -0.25) is 4.79 Å². The minimum atomic E-state index is -0.127. The maximum atomic E-state index is 11.7. The smallest absolute Gasteiger partial charge is 0.244 e. The van der Waals surface area contributed by atoms with E-state index in [1.807, 2.05) is 24.3 Å². The summed E-state index contributed by atoms with van der Waals surface area (Å²) in [5, 5.41) is 2.77. The number of rotatable bonds is 6. The minimum absolute atomic E-state index is 0.127. The molecule has 1 amide bonds. The van der Waals surface area contributed by atoms with Crippen molar-refractivity contribution in [2.45, 2.75) is 26.8 Å². The molecule has 0 aliphatic carbocycles. The van der Waals surface area contributed by atoms with E-state index in [9.17, 15) is 4.79 Å². The van der Waals surface area contributed by atoms with Crippen molar-refractivity contribution < 1.29 is 9.21 Å². The molecule has 0 aliphatic heterocycles. The fourth-order valence-electron chi connectivity index (χ4n) is 2.05. The summed E-state index contributed by atoms with van der Waals surface area (Å²) in [5.74, 6) is 1.27. The predicted octanol–water partition coefficient (Wildman–Crippen LogP) is 3.81. The molecule has 1 N–H and O–H groups in total. The molecule has 3 heteroatoms. The van der Waals surface area contributed by atoms with Gasteiger partial charge >= 0.3 is 0 Å². The molecule has 1 aromatic heterocycles. The lowest BCUT2D eigenvalue weighted by molar-refractivity contribution is -0.116. The third kappa shape index (κ3) is 5.30. The first kappa shape index (κ1) is 15.1. The summed E-state index contributed by atoms with van der Waals surface area (Å²) in [5.41, 5.74) is 2.35. The standard InChI is InChI=1S/C18H21NO2/c1-14(2)12-16-7-5-15(6-8-16)9-10-18(20)19-13-17-4-3-11-21-17/h3-11,14H,12-13H2,1-2H3,(H,19,20)/b10-9+. The number of benzene rings is 1. The topological polar surface area (TPSA) is 42.2 Å². The van der Waals surface area contributed by atoms with Crippen LogP contribution in [0.15, 0.2) is 53.2 Å². The Bertz CT molecular complexity index is 580. The molecular weight excluding hydrogens is 262 g/mol. The van der Waals surface area contributed by atoms with Gasteiger partial charge in [0.1, 0.15) is 5.76 Å². The van der Waals surface area contributed by atoms with E-state index in [0.29, 0.717) is 12.5 Å². The summed E-state index contributed by atoms with van der Waals surface area (Å²) in [6, 6.07) is 11.9. The fourth-order valence-corrected chi connectivity index (χ4v) is 2.05. The Morgan fingerprint density at radius 3 is 2.62 bits per heavy atom. The van der Waals surface area contributed by atoms with Crippen molar-refractivity contribution in [2.75, 3.05) is 0 Å². The van der Waals surface area contributed by atoms with Crippen molar-refractivity contribution in [3.8, 4) is 0 Å². The van der Waals surface area contributed by atoms with Crippen LogP contribution in [0.4, 0.5) is 0 Å². The molecule has 0 aliphatic rings. The van der Waals surface area contributed by atoms with Gasteiger partial charge in [-0.25, -0.2) is 0 Å². The molecule has 0 saturated carbocycles. The summed E-state index contributed by atoms with van der Waals surface area (Å²) in [6.45, 7) is 4.82. The molecule has 0 bridgehead atoms. The summed E-state index contributed by atoms with van der Waals surface area (Å²) < 4.78 is 5.15. The quantitative estimate of drug-likeness (QED) is 0.819. The maximum Gasteiger partial charge on any atom is 0.244 e. The molecule has 0 spiro atoms.